The van der Waals surface area contributed by atoms with Crippen molar-refractivity contribution in [2.45, 2.75) is 38.0 Å². The highest BCUT2D eigenvalue weighted by Gasteiger charge is 2.57. The summed E-state index contributed by atoms with van der Waals surface area (Å²) in [5.41, 5.74) is 2.10. The fraction of sp³-hybridized carbons (Fsp3) is 0.526. The first-order valence-electron chi connectivity index (χ1n) is 9.28. The van der Waals surface area contributed by atoms with E-state index in [1.54, 1.807) is 0 Å². The molecule has 6 nitrogen and oxygen atoms in total. The molecule has 26 heavy (non-hydrogen) atoms. The number of halogens is 1. The van der Waals surface area contributed by atoms with E-state index in [-0.39, 0.29) is 29.6 Å². The molecule has 138 valence electrons. The van der Waals surface area contributed by atoms with Gasteiger partial charge in [0.15, 0.2) is 5.82 Å². The SMILES string of the molecule is Cl.O=C(Nc1ccc(-c2n[nH]c(C3CC3)n2)cc1)C1CC12CCNCC2. The van der Waals surface area contributed by atoms with Gasteiger partial charge >= 0.3 is 0 Å². The zero-order chi connectivity index (χ0) is 16.9. The highest BCUT2D eigenvalue weighted by Crippen LogP contribution is 2.58. The molecule has 2 heterocycles. The summed E-state index contributed by atoms with van der Waals surface area (Å²) in [5, 5.41) is 13.8. The van der Waals surface area contributed by atoms with Crippen molar-refractivity contribution < 1.29 is 4.79 Å². The number of nitrogens with one attached hydrogen (secondary N) is 3. The van der Waals surface area contributed by atoms with Gasteiger partial charge in [0.2, 0.25) is 5.91 Å². The van der Waals surface area contributed by atoms with Crippen molar-refractivity contribution in [3.63, 3.8) is 0 Å². The maximum absolute atomic E-state index is 12.5. The van der Waals surface area contributed by atoms with Crippen molar-refractivity contribution in [3.05, 3.63) is 30.1 Å². The monoisotopic (exact) mass is 373 g/mol. The molecule has 3 N–H and O–H groups in total. The lowest BCUT2D eigenvalue weighted by Gasteiger charge is -2.23. The summed E-state index contributed by atoms with van der Waals surface area (Å²) in [6.07, 6.45) is 5.70. The van der Waals surface area contributed by atoms with E-state index in [9.17, 15) is 4.79 Å². The van der Waals surface area contributed by atoms with Crippen LogP contribution in [0.1, 0.15) is 43.8 Å². The number of aromatic amines is 1. The van der Waals surface area contributed by atoms with Crippen molar-refractivity contribution in [3.8, 4) is 11.4 Å². The molecular formula is C19H24ClN5O. The van der Waals surface area contributed by atoms with Crippen molar-refractivity contribution in [2.24, 2.45) is 11.3 Å². The molecule has 0 bridgehead atoms. The van der Waals surface area contributed by atoms with Crippen LogP contribution in [0.25, 0.3) is 11.4 Å². The van der Waals surface area contributed by atoms with Gasteiger partial charge in [-0.05, 0) is 74.9 Å². The largest absolute Gasteiger partial charge is 0.326 e. The molecule has 1 aromatic carbocycles. The molecule has 1 aliphatic heterocycles. The van der Waals surface area contributed by atoms with Crippen LogP contribution in [0.4, 0.5) is 5.69 Å². The third-order valence-electron chi connectivity index (χ3n) is 5.98. The second-order valence-corrected chi connectivity index (χ2v) is 7.75. The van der Waals surface area contributed by atoms with Crippen molar-refractivity contribution in [1.29, 1.82) is 0 Å². The minimum Gasteiger partial charge on any atom is -0.326 e. The summed E-state index contributed by atoms with van der Waals surface area (Å²) in [6.45, 7) is 2.08. The smallest absolute Gasteiger partial charge is 0.228 e. The lowest BCUT2D eigenvalue weighted by molar-refractivity contribution is -0.118. The molecule has 1 saturated heterocycles. The van der Waals surface area contributed by atoms with Crippen LogP contribution in [0.5, 0.6) is 0 Å². The molecule has 2 aromatic rings. The Bertz CT molecular complexity index is 793. The lowest BCUT2D eigenvalue weighted by atomic mass is 9.92. The lowest BCUT2D eigenvalue weighted by Crippen LogP contribution is -2.31. The van der Waals surface area contributed by atoms with Gasteiger partial charge in [0, 0.05) is 23.1 Å². The number of carbonyl (C=O) groups excluding carboxylic acids is 1. The summed E-state index contributed by atoms with van der Waals surface area (Å²) in [4.78, 5) is 17.1. The third-order valence-corrected chi connectivity index (χ3v) is 5.98. The molecule has 7 heteroatoms. The standard InChI is InChI=1S/C19H23N5O.ClH/c25-18(15-11-19(15)7-9-20-10-8-19)21-14-5-3-13(4-6-14)17-22-16(23-24-17)12-1-2-12;/h3-6,12,15,20H,1-2,7-11H2,(H,21,25)(H,22,23,24);1H. The quantitative estimate of drug-likeness (QED) is 0.769. The van der Waals surface area contributed by atoms with Crippen molar-refractivity contribution >= 4 is 24.0 Å². The number of anilines is 1. The summed E-state index contributed by atoms with van der Waals surface area (Å²) < 4.78 is 0. The topological polar surface area (TPSA) is 82.7 Å². The number of piperidine rings is 1. The predicted molar refractivity (Wildman–Crippen MR) is 102 cm³/mol. The van der Waals surface area contributed by atoms with Gasteiger partial charge in [-0.1, -0.05) is 0 Å². The minimum atomic E-state index is 0. The van der Waals surface area contributed by atoms with E-state index >= 15 is 0 Å². The first-order chi connectivity index (χ1) is 12.2. The second kappa shape index (κ2) is 6.67. The van der Waals surface area contributed by atoms with E-state index in [0.29, 0.717) is 5.92 Å². The summed E-state index contributed by atoms with van der Waals surface area (Å²) >= 11 is 0. The molecule has 0 radical (unpaired) electrons. The van der Waals surface area contributed by atoms with Crippen LogP contribution in [-0.2, 0) is 4.79 Å². The van der Waals surface area contributed by atoms with E-state index in [2.05, 4.69) is 25.8 Å². The van der Waals surface area contributed by atoms with E-state index in [4.69, 9.17) is 0 Å². The fourth-order valence-corrected chi connectivity index (χ4v) is 4.07. The zero-order valence-corrected chi connectivity index (χ0v) is 15.4. The van der Waals surface area contributed by atoms with E-state index < -0.39 is 0 Å². The second-order valence-electron chi connectivity index (χ2n) is 7.75. The summed E-state index contributed by atoms with van der Waals surface area (Å²) in [6, 6.07) is 7.83. The molecule has 2 saturated carbocycles. The Morgan fingerprint density at radius 1 is 1.15 bits per heavy atom. The average molecular weight is 374 g/mol. The molecule has 1 amide bonds. The van der Waals surface area contributed by atoms with Crippen LogP contribution in [-0.4, -0.2) is 34.2 Å². The van der Waals surface area contributed by atoms with Crippen LogP contribution in [0, 0.1) is 11.3 Å². The highest BCUT2D eigenvalue weighted by molar-refractivity contribution is 5.95. The number of nitrogens with zero attached hydrogens (tertiary/aromatic N) is 2. The first-order valence-corrected chi connectivity index (χ1v) is 9.28. The normalized spacial score (nSPS) is 23.3. The Kier molecular flexibility index (Phi) is 4.49. The molecule has 1 atom stereocenters. The first kappa shape index (κ1) is 17.5. The molecule has 1 spiro atoms. The number of rotatable bonds is 4. The fourth-order valence-electron chi connectivity index (χ4n) is 4.07. The van der Waals surface area contributed by atoms with Gasteiger partial charge in [0.05, 0.1) is 0 Å². The number of H-pyrrole nitrogens is 1. The summed E-state index contributed by atoms with van der Waals surface area (Å²) in [7, 11) is 0. The Balaban J connectivity index is 0.00000168. The number of amides is 1. The maximum atomic E-state index is 12.5. The Morgan fingerprint density at radius 3 is 2.58 bits per heavy atom. The number of carbonyl (C=O) groups is 1. The van der Waals surface area contributed by atoms with E-state index in [1.165, 1.54) is 12.8 Å². The number of benzene rings is 1. The van der Waals surface area contributed by atoms with Gasteiger partial charge < -0.3 is 10.6 Å². The minimum absolute atomic E-state index is 0. The van der Waals surface area contributed by atoms with Gasteiger partial charge in [0.1, 0.15) is 5.82 Å². The number of aromatic nitrogens is 3. The van der Waals surface area contributed by atoms with E-state index in [0.717, 1.165) is 55.3 Å². The Labute approximate surface area is 159 Å². The number of hydrogen-bond donors (Lipinski definition) is 3. The Morgan fingerprint density at radius 2 is 1.88 bits per heavy atom. The van der Waals surface area contributed by atoms with Crippen LogP contribution in [0.3, 0.4) is 0 Å². The van der Waals surface area contributed by atoms with Gasteiger partial charge in [-0.25, -0.2) is 4.98 Å². The van der Waals surface area contributed by atoms with Crippen molar-refractivity contribution in [2.75, 3.05) is 18.4 Å². The molecule has 2 aliphatic carbocycles. The Hall–Kier alpha value is -1.92. The zero-order valence-electron chi connectivity index (χ0n) is 14.6. The van der Waals surface area contributed by atoms with Crippen LogP contribution in [0.15, 0.2) is 24.3 Å². The molecule has 1 aromatic heterocycles. The van der Waals surface area contributed by atoms with Crippen LogP contribution < -0.4 is 10.6 Å². The van der Waals surface area contributed by atoms with Gasteiger partial charge in [0.25, 0.3) is 0 Å². The van der Waals surface area contributed by atoms with Crippen LogP contribution in [0.2, 0.25) is 0 Å². The third kappa shape index (κ3) is 3.23. The summed E-state index contributed by atoms with van der Waals surface area (Å²) in [5.74, 6) is 2.65. The molecule has 3 aliphatic rings. The van der Waals surface area contributed by atoms with Crippen molar-refractivity contribution in [1.82, 2.24) is 20.5 Å². The maximum Gasteiger partial charge on any atom is 0.228 e. The van der Waals surface area contributed by atoms with Gasteiger partial charge in [-0.2, -0.15) is 5.10 Å². The van der Waals surface area contributed by atoms with E-state index in [1.807, 2.05) is 24.3 Å². The molecule has 3 fully saturated rings. The predicted octanol–water partition coefficient (Wildman–Crippen LogP) is 3.10. The highest BCUT2D eigenvalue weighted by atomic mass is 35.5. The van der Waals surface area contributed by atoms with Gasteiger partial charge in [-0.3, -0.25) is 9.89 Å². The number of hydrogen-bond acceptors (Lipinski definition) is 4. The molecular weight excluding hydrogens is 350 g/mol. The average Bonchev–Trinajstić information content (AvgIpc) is 3.55. The molecule has 5 rings (SSSR count). The van der Waals surface area contributed by atoms with Crippen LogP contribution >= 0.6 is 12.4 Å². The van der Waals surface area contributed by atoms with Gasteiger partial charge in [-0.15, -0.1) is 12.4 Å². The molecule has 1 unspecified atom stereocenters.